The number of hydrogen-bond donors (Lipinski definition) is 1. The third-order valence-electron chi connectivity index (χ3n) is 4.24. The molecule has 2 fully saturated rings. The lowest BCUT2D eigenvalue weighted by atomic mass is 10.2. The van der Waals surface area contributed by atoms with Crippen LogP contribution in [0.2, 0.25) is 0 Å². The Morgan fingerprint density at radius 2 is 2.16 bits per heavy atom. The van der Waals surface area contributed by atoms with E-state index in [1.807, 2.05) is 11.3 Å². The lowest BCUT2D eigenvalue weighted by Gasteiger charge is -2.37. The Kier molecular flexibility index (Phi) is 3.78. The van der Waals surface area contributed by atoms with Crippen molar-refractivity contribution in [3.05, 3.63) is 10.6 Å². The van der Waals surface area contributed by atoms with Crippen molar-refractivity contribution in [3.8, 4) is 0 Å². The summed E-state index contributed by atoms with van der Waals surface area (Å²) in [7, 11) is 2.21. The molecule has 1 aliphatic heterocycles. The molecule has 1 N–H and O–H groups in total. The second-order valence-corrected chi connectivity index (χ2v) is 7.00. The maximum atomic E-state index is 4.78. The zero-order valence-corrected chi connectivity index (χ0v) is 13.0. The third kappa shape index (κ3) is 3.09. The van der Waals surface area contributed by atoms with E-state index < -0.39 is 0 Å². The van der Waals surface area contributed by atoms with Gasteiger partial charge in [0.25, 0.3) is 0 Å². The van der Waals surface area contributed by atoms with Crippen molar-refractivity contribution in [1.82, 2.24) is 15.2 Å². The fraction of sp³-hybridized carbons (Fsp3) is 0.786. The molecule has 1 saturated heterocycles. The van der Waals surface area contributed by atoms with E-state index in [0.29, 0.717) is 6.04 Å². The van der Waals surface area contributed by atoms with E-state index in [2.05, 4.69) is 36.0 Å². The van der Waals surface area contributed by atoms with E-state index in [1.165, 1.54) is 28.5 Å². The fourth-order valence-electron chi connectivity index (χ4n) is 2.46. The van der Waals surface area contributed by atoms with Gasteiger partial charge in [0.2, 0.25) is 0 Å². The number of nitrogens with one attached hydrogen (secondary N) is 1. The van der Waals surface area contributed by atoms with Gasteiger partial charge in [-0.1, -0.05) is 0 Å². The first-order chi connectivity index (χ1) is 9.13. The highest BCUT2D eigenvalue weighted by atomic mass is 32.1. The van der Waals surface area contributed by atoms with Gasteiger partial charge < -0.3 is 15.1 Å². The highest BCUT2D eigenvalue weighted by Gasteiger charge is 2.24. The lowest BCUT2D eigenvalue weighted by molar-refractivity contribution is 0.234. The monoisotopic (exact) mass is 280 g/mol. The van der Waals surface area contributed by atoms with E-state index in [1.54, 1.807) is 0 Å². The minimum Gasteiger partial charge on any atom is -0.345 e. The highest BCUT2D eigenvalue weighted by molar-refractivity contribution is 7.15. The average Bonchev–Trinajstić information content (AvgIpc) is 3.14. The maximum absolute atomic E-state index is 4.78. The summed E-state index contributed by atoms with van der Waals surface area (Å²) in [6, 6.07) is 1.39. The molecule has 0 aromatic carbocycles. The van der Waals surface area contributed by atoms with Crippen LogP contribution in [-0.4, -0.2) is 48.6 Å². The summed E-state index contributed by atoms with van der Waals surface area (Å²) in [6.07, 6.45) is 2.70. The van der Waals surface area contributed by atoms with E-state index in [4.69, 9.17) is 4.98 Å². The number of aryl methyl sites for hydroxylation is 1. The Balaban J connectivity index is 1.65. The van der Waals surface area contributed by atoms with Crippen molar-refractivity contribution < 1.29 is 0 Å². The Labute approximate surface area is 119 Å². The van der Waals surface area contributed by atoms with Crippen molar-refractivity contribution in [1.29, 1.82) is 0 Å². The van der Waals surface area contributed by atoms with Gasteiger partial charge in [-0.05, 0) is 33.7 Å². The van der Waals surface area contributed by atoms with Gasteiger partial charge in [0, 0.05) is 43.1 Å². The molecule has 0 radical (unpaired) electrons. The number of aromatic nitrogens is 1. The standard InChI is InChI=1S/C14H24N4S/c1-10-9-18(7-6-17(10)3)14-16-11(2)13(19-14)8-15-12-4-5-12/h10,12,15H,4-9H2,1-3H3. The first-order valence-corrected chi connectivity index (χ1v) is 8.10. The van der Waals surface area contributed by atoms with Gasteiger partial charge in [0.15, 0.2) is 5.13 Å². The van der Waals surface area contributed by atoms with Crippen LogP contribution in [0.5, 0.6) is 0 Å². The summed E-state index contributed by atoms with van der Waals surface area (Å²) in [4.78, 5) is 11.1. The smallest absolute Gasteiger partial charge is 0.185 e. The van der Waals surface area contributed by atoms with Crippen LogP contribution in [0.1, 0.15) is 30.3 Å². The van der Waals surface area contributed by atoms with E-state index in [0.717, 1.165) is 32.2 Å². The zero-order valence-electron chi connectivity index (χ0n) is 12.1. The van der Waals surface area contributed by atoms with E-state index in [-0.39, 0.29) is 0 Å². The third-order valence-corrected chi connectivity index (χ3v) is 5.46. The number of likely N-dealkylation sites (N-methyl/N-ethyl adjacent to an activating group) is 1. The molecular formula is C14H24N4S. The number of piperazine rings is 1. The van der Waals surface area contributed by atoms with Gasteiger partial charge in [-0.3, -0.25) is 0 Å². The molecule has 0 spiro atoms. The molecule has 2 aliphatic rings. The lowest BCUT2D eigenvalue weighted by Crippen LogP contribution is -2.50. The van der Waals surface area contributed by atoms with Crippen molar-refractivity contribution in [2.24, 2.45) is 0 Å². The van der Waals surface area contributed by atoms with Crippen molar-refractivity contribution in [2.75, 3.05) is 31.6 Å². The number of nitrogens with zero attached hydrogens (tertiary/aromatic N) is 3. The van der Waals surface area contributed by atoms with Gasteiger partial charge in [-0.25, -0.2) is 4.98 Å². The van der Waals surface area contributed by atoms with Crippen LogP contribution < -0.4 is 10.2 Å². The van der Waals surface area contributed by atoms with E-state index in [9.17, 15) is 0 Å². The molecule has 1 saturated carbocycles. The quantitative estimate of drug-likeness (QED) is 0.912. The first kappa shape index (κ1) is 13.3. The maximum Gasteiger partial charge on any atom is 0.185 e. The van der Waals surface area contributed by atoms with Gasteiger partial charge >= 0.3 is 0 Å². The van der Waals surface area contributed by atoms with E-state index >= 15 is 0 Å². The fourth-order valence-corrected chi connectivity index (χ4v) is 3.51. The molecule has 0 bridgehead atoms. The molecule has 2 heterocycles. The van der Waals surface area contributed by atoms with Crippen LogP contribution in [-0.2, 0) is 6.54 Å². The Morgan fingerprint density at radius 3 is 2.84 bits per heavy atom. The minimum absolute atomic E-state index is 0.617. The first-order valence-electron chi connectivity index (χ1n) is 7.28. The summed E-state index contributed by atoms with van der Waals surface area (Å²) >= 11 is 1.87. The predicted octanol–water partition coefficient (Wildman–Crippen LogP) is 1.84. The Hall–Kier alpha value is -0.650. The molecule has 4 nitrogen and oxygen atoms in total. The molecule has 1 aromatic rings. The predicted molar refractivity (Wildman–Crippen MR) is 81.0 cm³/mol. The Morgan fingerprint density at radius 1 is 1.37 bits per heavy atom. The van der Waals surface area contributed by atoms with Crippen LogP contribution in [0.25, 0.3) is 0 Å². The van der Waals surface area contributed by atoms with Crippen LogP contribution in [0.3, 0.4) is 0 Å². The molecule has 19 heavy (non-hydrogen) atoms. The molecule has 1 aliphatic carbocycles. The normalized spacial score (nSPS) is 25.0. The topological polar surface area (TPSA) is 31.4 Å². The molecule has 0 amide bonds. The molecule has 1 atom stereocenters. The summed E-state index contributed by atoms with van der Waals surface area (Å²) in [5.74, 6) is 0. The molecule has 106 valence electrons. The number of thiazole rings is 1. The summed E-state index contributed by atoms with van der Waals surface area (Å²) in [5, 5.41) is 4.80. The van der Waals surface area contributed by atoms with Gasteiger partial charge in [-0.2, -0.15) is 0 Å². The van der Waals surface area contributed by atoms with Crippen LogP contribution in [0.4, 0.5) is 5.13 Å². The zero-order chi connectivity index (χ0) is 13.4. The second kappa shape index (κ2) is 5.38. The second-order valence-electron chi connectivity index (χ2n) is 5.94. The Bertz CT molecular complexity index is 441. The average molecular weight is 280 g/mol. The summed E-state index contributed by atoms with van der Waals surface area (Å²) in [6.45, 7) is 8.76. The highest BCUT2D eigenvalue weighted by Crippen LogP contribution is 2.28. The number of rotatable bonds is 4. The van der Waals surface area contributed by atoms with Gasteiger partial charge in [-0.15, -0.1) is 11.3 Å². The van der Waals surface area contributed by atoms with Crippen molar-refractivity contribution in [2.45, 2.75) is 45.3 Å². The minimum atomic E-state index is 0.617. The molecule has 3 rings (SSSR count). The number of anilines is 1. The van der Waals surface area contributed by atoms with Crippen molar-refractivity contribution >= 4 is 16.5 Å². The SMILES string of the molecule is Cc1nc(N2CCN(C)C(C)C2)sc1CNC1CC1. The summed E-state index contributed by atoms with van der Waals surface area (Å²) in [5.41, 5.74) is 1.21. The van der Waals surface area contributed by atoms with Crippen molar-refractivity contribution in [3.63, 3.8) is 0 Å². The number of hydrogen-bond acceptors (Lipinski definition) is 5. The molecule has 5 heteroatoms. The molecule has 1 aromatic heterocycles. The molecular weight excluding hydrogens is 256 g/mol. The summed E-state index contributed by atoms with van der Waals surface area (Å²) < 4.78 is 0. The van der Waals surface area contributed by atoms with Crippen LogP contribution in [0, 0.1) is 6.92 Å². The largest absolute Gasteiger partial charge is 0.345 e. The van der Waals surface area contributed by atoms with Gasteiger partial charge in [0.05, 0.1) is 5.69 Å². The van der Waals surface area contributed by atoms with Crippen LogP contribution in [0.15, 0.2) is 0 Å². The van der Waals surface area contributed by atoms with Gasteiger partial charge in [0.1, 0.15) is 0 Å². The van der Waals surface area contributed by atoms with Crippen LogP contribution >= 0.6 is 11.3 Å². The molecule has 1 unspecified atom stereocenters.